The molecule has 2 aromatic heterocycles. The van der Waals surface area contributed by atoms with Gasteiger partial charge in [0.2, 0.25) is 0 Å². The van der Waals surface area contributed by atoms with Crippen molar-refractivity contribution in [3.8, 4) is 0 Å². The Morgan fingerprint density at radius 2 is 1.74 bits per heavy atom. The Morgan fingerprint density at radius 1 is 0.895 bits per heavy atom. The van der Waals surface area contributed by atoms with Crippen LogP contribution in [0, 0.1) is 0 Å². The highest BCUT2D eigenvalue weighted by Crippen LogP contribution is 2.14. The lowest BCUT2D eigenvalue weighted by Gasteiger charge is -2.05. The summed E-state index contributed by atoms with van der Waals surface area (Å²) < 4.78 is 0. The van der Waals surface area contributed by atoms with Gasteiger partial charge in [-0.2, -0.15) is 5.10 Å². The van der Waals surface area contributed by atoms with E-state index < -0.39 is 0 Å². The van der Waals surface area contributed by atoms with Crippen LogP contribution in [0.3, 0.4) is 0 Å². The summed E-state index contributed by atoms with van der Waals surface area (Å²) >= 11 is 0. The lowest BCUT2D eigenvalue weighted by molar-refractivity contribution is 1.19. The van der Waals surface area contributed by atoms with E-state index in [9.17, 15) is 0 Å². The topological polar surface area (TPSA) is 64.2 Å². The smallest absolute Gasteiger partial charge is 0.134 e. The summed E-state index contributed by atoms with van der Waals surface area (Å²) in [5.41, 5.74) is 2.94. The molecule has 0 spiro atoms. The van der Waals surface area contributed by atoms with Crippen LogP contribution in [0.4, 0.5) is 0 Å². The molecule has 0 amide bonds. The number of aromatic nitrogens is 2. The summed E-state index contributed by atoms with van der Waals surface area (Å²) in [4.78, 5) is 8.83. The van der Waals surface area contributed by atoms with Gasteiger partial charge in [0.25, 0.3) is 0 Å². The molecule has 0 aliphatic carbocycles. The van der Waals surface area contributed by atoms with E-state index >= 15 is 0 Å². The van der Waals surface area contributed by atoms with Crippen molar-refractivity contribution in [1.29, 1.82) is 0 Å². The van der Waals surface area contributed by atoms with Crippen LogP contribution in [0.1, 0.15) is 11.4 Å². The van der Waals surface area contributed by atoms with E-state index in [2.05, 4.69) is 15.1 Å². The average Bonchev–Trinajstić information content (AvgIpc) is 2.49. The molecule has 0 aliphatic rings. The molecule has 0 radical (unpaired) electrons. The summed E-state index contributed by atoms with van der Waals surface area (Å²) in [6, 6.07) is 17.5. The van der Waals surface area contributed by atoms with Gasteiger partial charge in [-0.25, -0.2) is 4.98 Å². The van der Waals surface area contributed by atoms with Gasteiger partial charge < -0.3 is 5.84 Å². The number of para-hydroxylation sites is 1. The minimum atomic E-state index is 0.589. The van der Waals surface area contributed by atoms with Crippen LogP contribution in [-0.2, 0) is 0 Å². The first-order valence-electron chi connectivity index (χ1n) is 5.94. The highest BCUT2D eigenvalue weighted by atomic mass is 15.1. The molecule has 0 saturated heterocycles. The number of hydrogen-bond acceptors (Lipinski definition) is 4. The van der Waals surface area contributed by atoms with E-state index in [-0.39, 0.29) is 0 Å². The number of fused-ring (bicyclic) bond motifs is 1. The number of hydrogen-bond donors (Lipinski definition) is 1. The molecule has 4 nitrogen and oxygen atoms in total. The van der Waals surface area contributed by atoms with Crippen molar-refractivity contribution in [2.45, 2.75) is 0 Å². The van der Waals surface area contributed by atoms with Crippen molar-refractivity contribution in [3.63, 3.8) is 0 Å². The van der Waals surface area contributed by atoms with Crippen LogP contribution in [0.5, 0.6) is 0 Å². The van der Waals surface area contributed by atoms with Gasteiger partial charge in [-0.15, -0.1) is 0 Å². The number of nitrogens with two attached hydrogens (primary N) is 1. The molecule has 0 atom stereocenters. The fraction of sp³-hybridized carbons (Fsp3) is 0. The minimum absolute atomic E-state index is 0.589. The number of pyridine rings is 2. The highest BCUT2D eigenvalue weighted by molar-refractivity contribution is 6.11. The lowest BCUT2D eigenvalue weighted by Crippen LogP contribution is -2.10. The SMILES string of the molecule is N/N=C(/c1ccccn1)c1ccc2ccccc2n1. The van der Waals surface area contributed by atoms with Crippen LogP contribution < -0.4 is 5.84 Å². The fourth-order valence-corrected chi connectivity index (χ4v) is 1.96. The van der Waals surface area contributed by atoms with Gasteiger partial charge in [0.05, 0.1) is 16.9 Å². The maximum Gasteiger partial charge on any atom is 0.134 e. The Kier molecular flexibility index (Phi) is 2.90. The molecule has 92 valence electrons. The van der Waals surface area contributed by atoms with E-state index in [0.717, 1.165) is 16.6 Å². The predicted molar refractivity (Wildman–Crippen MR) is 75.8 cm³/mol. The zero-order chi connectivity index (χ0) is 13.1. The second kappa shape index (κ2) is 4.86. The zero-order valence-electron chi connectivity index (χ0n) is 10.2. The Morgan fingerprint density at radius 3 is 2.53 bits per heavy atom. The largest absolute Gasteiger partial charge is 0.323 e. The summed E-state index contributed by atoms with van der Waals surface area (Å²) in [5.74, 6) is 5.49. The van der Waals surface area contributed by atoms with E-state index in [1.165, 1.54) is 0 Å². The molecule has 2 heterocycles. The van der Waals surface area contributed by atoms with Crippen molar-refractivity contribution in [2.75, 3.05) is 0 Å². The highest BCUT2D eigenvalue weighted by Gasteiger charge is 2.09. The van der Waals surface area contributed by atoms with E-state index in [1.807, 2.05) is 54.6 Å². The van der Waals surface area contributed by atoms with Crippen LogP contribution in [0.25, 0.3) is 10.9 Å². The number of hydrazone groups is 1. The minimum Gasteiger partial charge on any atom is -0.323 e. The first kappa shape index (κ1) is 11.3. The van der Waals surface area contributed by atoms with Crippen molar-refractivity contribution >= 4 is 16.6 Å². The first-order chi connectivity index (χ1) is 9.38. The van der Waals surface area contributed by atoms with Crippen LogP contribution >= 0.6 is 0 Å². The molecule has 0 saturated carbocycles. The van der Waals surface area contributed by atoms with E-state index in [1.54, 1.807) is 6.20 Å². The average molecular weight is 248 g/mol. The van der Waals surface area contributed by atoms with Gasteiger partial charge in [0.1, 0.15) is 5.71 Å². The molecule has 4 heteroatoms. The second-order valence-corrected chi connectivity index (χ2v) is 4.08. The van der Waals surface area contributed by atoms with Gasteiger partial charge >= 0.3 is 0 Å². The van der Waals surface area contributed by atoms with Gasteiger partial charge in [0, 0.05) is 11.6 Å². The van der Waals surface area contributed by atoms with Crippen molar-refractivity contribution < 1.29 is 0 Å². The molecule has 1 aromatic carbocycles. The van der Waals surface area contributed by atoms with Crippen molar-refractivity contribution in [3.05, 3.63) is 72.2 Å². The molecule has 0 bridgehead atoms. The third-order valence-electron chi connectivity index (χ3n) is 2.88. The second-order valence-electron chi connectivity index (χ2n) is 4.08. The summed E-state index contributed by atoms with van der Waals surface area (Å²) in [6.45, 7) is 0. The molecule has 2 N–H and O–H groups in total. The number of nitrogens with zero attached hydrogens (tertiary/aromatic N) is 3. The van der Waals surface area contributed by atoms with Crippen molar-refractivity contribution in [1.82, 2.24) is 9.97 Å². The van der Waals surface area contributed by atoms with Gasteiger partial charge in [-0.1, -0.05) is 30.3 Å². The maximum atomic E-state index is 5.49. The van der Waals surface area contributed by atoms with E-state index in [0.29, 0.717) is 11.4 Å². The number of benzene rings is 1. The summed E-state index contributed by atoms with van der Waals surface area (Å²) in [6.07, 6.45) is 1.71. The maximum absolute atomic E-state index is 5.49. The zero-order valence-corrected chi connectivity index (χ0v) is 10.2. The third-order valence-corrected chi connectivity index (χ3v) is 2.88. The van der Waals surface area contributed by atoms with Crippen LogP contribution in [0.15, 0.2) is 65.9 Å². The fourth-order valence-electron chi connectivity index (χ4n) is 1.96. The molecule has 19 heavy (non-hydrogen) atoms. The standard InChI is InChI=1S/C15H12N4/c16-19-15(13-7-3-4-10-17-13)14-9-8-11-5-1-2-6-12(11)18-14/h1-10H,16H2/b19-15-. The van der Waals surface area contributed by atoms with Crippen LogP contribution in [0.2, 0.25) is 0 Å². The third kappa shape index (κ3) is 2.15. The summed E-state index contributed by atoms with van der Waals surface area (Å²) in [7, 11) is 0. The lowest BCUT2D eigenvalue weighted by atomic mass is 10.1. The predicted octanol–water partition coefficient (Wildman–Crippen LogP) is 2.34. The Hall–Kier alpha value is -2.75. The van der Waals surface area contributed by atoms with E-state index in [4.69, 9.17) is 5.84 Å². The van der Waals surface area contributed by atoms with Gasteiger partial charge in [0.15, 0.2) is 0 Å². The molecule has 0 unspecified atom stereocenters. The van der Waals surface area contributed by atoms with Gasteiger partial charge in [-0.05, 0) is 24.3 Å². The molecular formula is C15H12N4. The Balaban J connectivity index is 2.12. The first-order valence-corrected chi connectivity index (χ1v) is 5.94. The quantitative estimate of drug-likeness (QED) is 0.430. The van der Waals surface area contributed by atoms with Crippen molar-refractivity contribution in [2.24, 2.45) is 10.9 Å². The molecular weight excluding hydrogens is 236 g/mol. The van der Waals surface area contributed by atoms with Gasteiger partial charge in [-0.3, -0.25) is 4.98 Å². The normalized spacial score (nSPS) is 11.7. The molecule has 3 aromatic rings. The number of rotatable bonds is 2. The van der Waals surface area contributed by atoms with Crippen LogP contribution in [-0.4, -0.2) is 15.7 Å². The molecule has 0 fully saturated rings. The monoisotopic (exact) mass is 248 g/mol. The molecule has 3 rings (SSSR count). The Labute approximate surface area is 110 Å². The molecule has 0 aliphatic heterocycles. The summed E-state index contributed by atoms with van der Waals surface area (Å²) in [5, 5.41) is 4.91. The Bertz CT molecular complexity index is 735.